The summed E-state index contributed by atoms with van der Waals surface area (Å²) < 4.78 is 0. The van der Waals surface area contributed by atoms with E-state index in [9.17, 15) is 29.4 Å². The average Bonchev–Trinajstić information content (AvgIpc) is 3.44. The molecular formula is C20H35N7O6. The van der Waals surface area contributed by atoms with E-state index in [1.165, 1.54) is 6.92 Å². The molecule has 0 aromatic carbocycles. The summed E-state index contributed by atoms with van der Waals surface area (Å²) in [5.41, 5.74) is 10.6. The SMILES string of the molecule is CC(O)C(NC(=O)C(CCCN=C(N)N)NC(=O)C1CCCN1C(=O)C1CCCN1)C(=O)O. The topological polar surface area (TPSA) is 212 Å². The molecule has 33 heavy (non-hydrogen) atoms. The number of nitrogens with zero attached hydrogens (tertiary/aromatic N) is 2. The molecule has 2 aliphatic rings. The fourth-order valence-electron chi connectivity index (χ4n) is 4.08. The van der Waals surface area contributed by atoms with Gasteiger partial charge in [-0.2, -0.15) is 0 Å². The van der Waals surface area contributed by atoms with Gasteiger partial charge in [0.05, 0.1) is 12.1 Å². The normalized spacial score (nSPS) is 22.8. The second-order valence-electron chi connectivity index (χ2n) is 8.41. The Hall–Kier alpha value is -2.93. The third-order valence-corrected chi connectivity index (χ3v) is 5.82. The maximum Gasteiger partial charge on any atom is 0.328 e. The monoisotopic (exact) mass is 469 g/mol. The van der Waals surface area contributed by atoms with Crippen molar-refractivity contribution in [1.29, 1.82) is 0 Å². The molecule has 2 aliphatic heterocycles. The molecule has 5 atom stereocenters. The molecule has 0 bridgehead atoms. The molecule has 13 heteroatoms. The summed E-state index contributed by atoms with van der Waals surface area (Å²) in [5, 5.41) is 27.0. The van der Waals surface area contributed by atoms with Gasteiger partial charge in [0.1, 0.15) is 12.1 Å². The zero-order valence-corrected chi connectivity index (χ0v) is 18.8. The number of aliphatic carboxylic acids is 1. The fourth-order valence-corrected chi connectivity index (χ4v) is 4.08. The van der Waals surface area contributed by atoms with E-state index in [1.54, 1.807) is 4.90 Å². The van der Waals surface area contributed by atoms with E-state index in [-0.39, 0.29) is 30.9 Å². The molecule has 0 aliphatic carbocycles. The van der Waals surface area contributed by atoms with E-state index in [0.29, 0.717) is 25.8 Å². The van der Waals surface area contributed by atoms with E-state index in [1.807, 2.05) is 0 Å². The van der Waals surface area contributed by atoms with Gasteiger partial charge in [-0.3, -0.25) is 19.4 Å². The number of carboxylic acid groups (broad SMARTS) is 1. The highest BCUT2D eigenvalue weighted by Crippen LogP contribution is 2.21. The highest BCUT2D eigenvalue weighted by atomic mass is 16.4. The standard InChI is InChI=1S/C20H35N7O6/c1-11(28)15(19(32)33)26-16(29)12(5-2-9-24-20(21)22)25-17(30)14-7-4-10-27(14)18(31)13-6-3-8-23-13/h11-15,23,28H,2-10H2,1H3,(H,25,30)(H,26,29)(H,32,33)(H4,21,22,24). The van der Waals surface area contributed by atoms with Gasteiger partial charge in [0.15, 0.2) is 12.0 Å². The Morgan fingerprint density at radius 1 is 1.18 bits per heavy atom. The minimum absolute atomic E-state index is 0.110. The van der Waals surface area contributed by atoms with Gasteiger partial charge in [-0.05, 0) is 52.0 Å². The number of hydrogen-bond donors (Lipinski definition) is 7. The summed E-state index contributed by atoms with van der Waals surface area (Å²) >= 11 is 0. The minimum Gasteiger partial charge on any atom is -0.480 e. The second-order valence-corrected chi connectivity index (χ2v) is 8.41. The van der Waals surface area contributed by atoms with Crippen molar-refractivity contribution in [2.24, 2.45) is 16.5 Å². The van der Waals surface area contributed by atoms with Gasteiger partial charge in [0.25, 0.3) is 0 Å². The lowest BCUT2D eigenvalue weighted by molar-refractivity contribution is -0.145. The third-order valence-electron chi connectivity index (χ3n) is 5.82. The van der Waals surface area contributed by atoms with E-state index in [2.05, 4.69) is 20.9 Å². The van der Waals surface area contributed by atoms with E-state index >= 15 is 0 Å². The Balaban J connectivity index is 2.08. The van der Waals surface area contributed by atoms with Gasteiger partial charge in [-0.25, -0.2) is 4.79 Å². The molecule has 2 rings (SSSR count). The first-order valence-corrected chi connectivity index (χ1v) is 11.2. The van der Waals surface area contributed by atoms with Gasteiger partial charge in [-0.1, -0.05) is 0 Å². The van der Waals surface area contributed by atoms with Crippen molar-refractivity contribution >= 4 is 29.7 Å². The number of carbonyl (C=O) groups is 4. The summed E-state index contributed by atoms with van der Waals surface area (Å²) in [6, 6.07) is -3.64. The Morgan fingerprint density at radius 2 is 1.91 bits per heavy atom. The fraction of sp³-hybridized carbons (Fsp3) is 0.750. The highest BCUT2D eigenvalue weighted by Gasteiger charge is 2.39. The number of guanidine groups is 1. The smallest absolute Gasteiger partial charge is 0.328 e. The number of carboxylic acids is 1. The van der Waals surface area contributed by atoms with Crippen molar-refractivity contribution in [2.75, 3.05) is 19.6 Å². The number of aliphatic imine (C=N–C) groups is 1. The quantitative estimate of drug-likeness (QED) is 0.0945. The van der Waals surface area contributed by atoms with Crippen LogP contribution in [0.25, 0.3) is 0 Å². The molecule has 0 saturated carbocycles. The molecule has 5 unspecified atom stereocenters. The van der Waals surface area contributed by atoms with Crippen LogP contribution < -0.4 is 27.4 Å². The third kappa shape index (κ3) is 7.56. The lowest BCUT2D eigenvalue weighted by Crippen LogP contribution is -2.57. The molecule has 0 aromatic heterocycles. The van der Waals surface area contributed by atoms with Crippen LogP contribution in [-0.4, -0.2) is 94.7 Å². The molecule has 0 spiro atoms. The van der Waals surface area contributed by atoms with Gasteiger partial charge in [-0.15, -0.1) is 0 Å². The first-order valence-electron chi connectivity index (χ1n) is 11.2. The number of nitrogens with one attached hydrogen (secondary N) is 3. The predicted molar refractivity (Wildman–Crippen MR) is 119 cm³/mol. The largest absolute Gasteiger partial charge is 0.480 e. The van der Waals surface area contributed by atoms with Crippen LogP contribution in [0.15, 0.2) is 4.99 Å². The number of aliphatic hydroxyl groups excluding tert-OH is 1. The zero-order valence-electron chi connectivity index (χ0n) is 18.8. The molecule has 2 fully saturated rings. The van der Waals surface area contributed by atoms with Gasteiger partial charge in [0.2, 0.25) is 17.7 Å². The highest BCUT2D eigenvalue weighted by molar-refractivity contribution is 5.94. The average molecular weight is 470 g/mol. The summed E-state index contributed by atoms with van der Waals surface area (Å²) in [6.07, 6.45) is 1.88. The lowest BCUT2D eigenvalue weighted by Gasteiger charge is -2.29. The minimum atomic E-state index is -1.53. The maximum absolute atomic E-state index is 13.0. The van der Waals surface area contributed by atoms with Crippen molar-refractivity contribution in [1.82, 2.24) is 20.9 Å². The van der Waals surface area contributed by atoms with Crippen molar-refractivity contribution in [3.05, 3.63) is 0 Å². The molecule has 2 heterocycles. The van der Waals surface area contributed by atoms with Crippen LogP contribution in [0.2, 0.25) is 0 Å². The Labute approximate surface area is 192 Å². The van der Waals surface area contributed by atoms with Crippen LogP contribution >= 0.6 is 0 Å². The molecule has 3 amide bonds. The molecule has 0 radical (unpaired) electrons. The van der Waals surface area contributed by atoms with Crippen LogP contribution in [0.5, 0.6) is 0 Å². The first-order chi connectivity index (χ1) is 15.6. The van der Waals surface area contributed by atoms with Crippen LogP contribution in [0.4, 0.5) is 0 Å². The summed E-state index contributed by atoms with van der Waals surface area (Å²) in [4.78, 5) is 55.4. The van der Waals surface area contributed by atoms with E-state index in [4.69, 9.17) is 11.5 Å². The Kier molecular flexibility index (Phi) is 9.85. The Bertz CT molecular complexity index is 749. The summed E-state index contributed by atoms with van der Waals surface area (Å²) in [5.74, 6) is -2.88. The van der Waals surface area contributed by atoms with Crippen molar-refractivity contribution in [2.45, 2.75) is 75.7 Å². The van der Waals surface area contributed by atoms with Crippen LogP contribution in [0.3, 0.4) is 0 Å². The van der Waals surface area contributed by atoms with Gasteiger partial charge >= 0.3 is 5.97 Å². The molecule has 186 valence electrons. The van der Waals surface area contributed by atoms with Crippen LogP contribution in [-0.2, 0) is 19.2 Å². The number of aliphatic hydroxyl groups is 1. The molecule has 0 aromatic rings. The molecule has 2 saturated heterocycles. The Morgan fingerprint density at radius 3 is 2.48 bits per heavy atom. The number of hydrogen-bond acceptors (Lipinski definition) is 7. The van der Waals surface area contributed by atoms with E-state index in [0.717, 1.165) is 19.4 Å². The molecule has 13 nitrogen and oxygen atoms in total. The van der Waals surface area contributed by atoms with Gasteiger partial charge < -0.3 is 42.5 Å². The van der Waals surface area contributed by atoms with Crippen LogP contribution in [0, 0.1) is 0 Å². The van der Waals surface area contributed by atoms with Gasteiger partial charge in [0, 0.05) is 13.1 Å². The van der Waals surface area contributed by atoms with Crippen molar-refractivity contribution in [3.63, 3.8) is 0 Å². The molecular weight excluding hydrogens is 434 g/mol. The second kappa shape index (κ2) is 12.3. The number of rotatable bonds is 11. The first kappa shape index (κ1) is 26.3. The van der Waals surface area contributed by atoms with Crippen molar-refractivity contribution < 1.29 is 29.4 Å². The summed E-state index contributed by atoms with van der Waals surface area (Å²) in [7, 11) is 0. The number of likely N-dealkylation sites (tertiary alicyclic amines) is 1. The van der Waals surface area contributed by atoms with Crippen molar-refractivity contribution in [3.8, 4) is 0 Å². The lowest BCUT2D eigenvalue weighted by atomic mass is 10.1. The number of amides is 3. The zero-order chi connectivity index (χ0) is 24.5. The predicted octanol–water partition coefficient (Wildman–Crippen LogP) is -2.78. The van der Waals surface area contributed by atoms with E-state index < -0.39 is 42.0 Å². The van der Waals surface area contributed by atoms with Crippen LogP contribution in [0.1, 0.15) is 45.4 Å². The summed E-state index contributed by atoms with van der Waals surface area (Å²) in [6.45, 7) is 2.67. The molecule has 9 N–H and O–H groups in total. The number of nitrogens with two attached hydrogens (primary N) is 2. The number of carbonyl (C=O) groups excluding carboxylic acids is 3. The maximum atomic E-state index is 13.0.